The number of carbonyl (C=O) groups is 1. The number of hydrogen-bond acceptors (Lipinski definition) is 3. The fourth-order valence-corrected chi connectivity index (χ4v) is 2.54. The van der Waals surface area contributed by atoms with Gasteiger partial charge in [-0.2, -0.15) is 0 Å². The number of hydrogen-bond donors (Lipinski definition) is 1. The molecule has 1 aromatic carbocycles. The number of benzene rings is 1. The maximum Gasteiger partial charge on any atom is 0.224 e. The molecule has 2 atom stereocenters. The van der Waals surface area contributed by atoms with E-state index in [9.17, 15) is 4.79 Å². The summed E-state index contributed by atoms with van der Waals surface area (Å²) in [5.41, 5.74) is 6.95. The fraction of sp³-hybridized carbons (Fsp3) is 0.533. The van der Waals surface area contributed by atoms with Gasteiger partial charge in [0.05, 0.1) is 7.11 Å². The molecule has 1 aliphatic heterocycles. The van der Waals surface area contributed by atoms with Crippen molar-refractivity contribution in [2.75, 3.05) is 20.2 Å². The molecule has 2 rings (SSSR count). The molecule has 0 bridgehead atoms. The highest BCUT2D eigenvalue weighted by atomic mass is 16.5. The van der Waals surface area contributed by atoms with Crippen LogP contribution >= 0.6 is 0 Å². The minimum absolute atomic E-state index is 0.0625. The number of methoxy groups -OCH3 is 1. The van der Waals surface area contributed by atoms with Gasteiger partial charge in [0.1, 0.15) is 5.75 Å². The first-order chi connectivity index (χ1) is 9.10. The third kappa shape index (κ3) is 3.47. The maximum absolute atomic E-state index is 12.0. The molecule has 1 heterocycles. The van der Waals surface area contributed by atoms with Crippen LogP contribution in [0.2, 0.25) is 0 Å². The highest BCUT2D eigenvalue weighted by molar-refractivity contribution is 5.77. The Balaban J connectivity index is 1.95. The topological polar surface area (TPSA) is 55.6 Å². The van der Waals surface area contributed by atoms with E-state index in [1.165, 1.54) is 5.56 Å². The van der Waals surface area contributed by atoms with E-state index >= 15 is 0 Å². The van der Waals surface area contributed by atoms with Crippen LogP contribution in [0, 0.1) is 0 Å². The van der Waals surface area contributed by atoms with Gasteiger partial charge in [-0.25, -0.2) is 0 Å². The zero-order valence-electron chi connectivity index (χ0n) is 11.6. The van der Waals surface area contributed by atoms with E-state index in [1.54, 1.807) is 7.11 Å². The predicted octanol–water partition coefficient (Wildman–Crippen LogP) is 1.75. The number of carbonyl (C=O) groups excluding carboxylic acids is 1. The molecular weight excluding hydrogens is 240 g/mol. The van der Waals surface area contributed by atoms with Gasteiger partial charge in [-0.05, 0) is 31.0 Å². The minimum Gasteiger partial charge on any atom is -0.497 e. The van der Waals surface area contributed by atoms with Crippen molar-refractivity contribution in [3.05, 3.63) is 29.8 Å². The molecular formula is C15H22N2O2. The molecule has 19 heavy (non-hydrogen) atoms. The number of nitrogens with two attached hydrogens (primary N) is 1. The predicted molar refractivity (Wildman–Crippen MR) is 75.2 cm³/mol. The summed E-state index contributed by atoms with van der Waals surface area (Å²) < 4.78 is 5.16. The molecule has 0 spiro atoms. The molecule has 1 aromatic rings. The lowest BCUT2D eigenvalue weighted by Gasteiger charge is -2.18. The molecule has 4 nitrogen and oxygen atoms in total. The van der Waals surface area contributed by atoms with E-state index in [0.717, 1.165) is 25.3 Å². The molecule has 1 fully saturated rings. The molecule has 2 N–H and O–H groups in total. The lowest BCUT2D eigenvalue weighted by molar-refractivity contribution is -0.130. The number of rotatable bonds is 4. The monoisotopic (exact) mass is 262 g/mol. The largest absolute Gasteiger partial charge is 0.497 e. The van der Waals surface area contributed by atoms with Gasteiger partial charge in [0.25, 0.3) is 0 Å². The van der Waals surface area contributed by atoms with Gasteiger partial charge in [-0.3, -0.25) is 4.79 Å². The van der Waals surface area contributed by atoms with Crippen LogP contribution in [-0.4, -0.2) is 37.0 Å². The highest BCUT2D eigenvalue weighted by Gasteiger charge is 2.27. The van der Waals surface area contributed by atoms with Crippen LogP contribution in [0.3, 0.4) is 0 Å². The summed E-state index contributed by atoms with van der Waals surface area (Å²) in [5.74, 6) is 1.47. The van der Waals surface area contributed by atoms with Crippen LogP contribution in [0.15, 0.2) is 24.3 Å². The Morgan fingerprint density at radius 1 is 1.47 bits per heavy atom. The van der Waals surface area contributed by atoms with Crippen LogP contribution in [0.5, 0.6) is 5.75 Å². The molecule has 1 aliphatic rings. The van der Waals surface area contributed by atoms with Crippen molar-refractivity contribution in [2.24, 2.45) is 5.73 Å². The molecule has 1 saturated heterocycles. The number of likely N-dealkylation sites (tertiary alicyclic amines) is 1. The van der Waals surface area contributed by atoms with Crippen molar-refractivity contribution >= 4 is 5.91 Å². The third-order valence-corrected chi connectivity index (χ3v) is 3.62. The quantitative estimate of drug-likeness (QED) is 0.899. The van der Waals surface area contributed by atoms with Crippen LogP contribution in [0.4, 0.5) is 0 Å². The van der Waals surface area contributed by atoms with Crippen molar-refractivity contribution in [2.45, 2.75) is 31.7 Å². The normalized spacial score (nSPS) is 20.4. The Morgan fingerprint density at radius 3 is 2.74 bits per heavy atom. The minimum atomic E-state index is -0.0625. The van der Waals surface area contributed by atoms with Gasteiger partial charge < -0.3 is 15.4 Å². The van der Waals surface area contributed by atoms with E-state index in [-0.39, 0.29) is 11.9 Å². The molecule has 0 saturated carbocycles. The molecule has 0 radical (unpaired) electrons. The summed E-state index contributed by atoms with van der Waals surface area (Å²) in [6.07, 6.45) is 1.46. The smallest absolute Gasteiger partial charge is 0.224 e. The first kappa shape index (κ1) is 13.9. The number of ether oxygens (including phenoxy) is 1. The lowest BCUT2D eigenvalue weighted by Crippen LogP contribution is -2.33. The number of amides is 1. The fourth-order valence-electron chi connectivity index (χ4n) is 2.54. The zero-order valence-corrected chi connectivity index (χ0v) is 11.6. The standard InChI is InChI=1S/C15H22N2O2/c1-11(16)9-15(18)17-8-7-13(10-17)12-3-5-14(19-2)6-4-12/h3-6,11,13H,7-10,16H2,1-2H3. The van der Waals surface area contributed by atoms with Crippen LogP contribution in [-0.2, 0) is 4.79 Å². The molecule has 0 aliphatic carbocycles. The molecule has 4 heteroatoms. The second-order valence-electron chi connectivity index (χ2n) is 5.28. The molecule has 0 aromatic heterocycles. The summed E-state index contributed by atoms with van der Waals surface area (Å²) >= 11 is 0. The summed E-state index contributed by atoms with van der Waals surface area (Å²) in [6.45, 7) is 3.51. The molecule has 104 valence electrons. The Kier molecular flexibility index (Phi) is 4.43. The van der Waals surface area contributed by atoms with Gasteiger partial charge in [-0.1, -0.05) is 12.1 Å². The van der Waals surface area contributed by atoms with E-state index in [4.69, 9.17) is 10.5 Å². The third-order valence-electron chi connectivity index (χ3n) is 3.62. The average Bonchev–Trinajstić information content (AvgIpc) is 2.88. The Labute approximate surface area is 114 Å². The van der Waals surface area contributed by atoms with Crippen molar-refractivity contribution in [3.63, 3.8) is 0 Å². The molecule has 2 unspecified atom stereocenters. The second kappa shape index (κ2) is 6.06. The van der Waals surface area contributed by atoms with Crippen LogP contribution in [0.1, 0.15) is 31.2 Å². The van der Waals surface area contributed by atoms with E-state index < -0.39 is 0 Å². The number of nitrogens with zero attached hydrogens (tertiary/aromatic N) is 1. The van der Waals surface area contributed by atoms with E-state index in [2.05, 4.69) is 12.1 Å². The summed E-state index contributed by atoms with van der Waals surface area (Å²) in [6, 6.07) is 8.06. The SMILES string of the molecule is COc1ccc(C2CCN(C(=O)CC(C)N)C2)cc1. The van der Waals surface area contributed by atoms with Crippen molar-refractivity contribution in [1.29, 1.82) is 0 Å². The molecule has 1 amide bonds. The first-order valence-electron chi connectivity index (χ1n) is 6.77. The Bertz CT molecular complexity index is 428. The Hall–Kier alpha value is -1.55. The zero-order chi connectivity index (χ0) is 13.8. The van der Waals surface area contributed by atoms with Crippen molar-refractivity contribution in [3.8, 4) is 5.75 Å². The van der Waals surface area contributed by atoms with Gasteiger partial charge in [0, 0.05) is 31.5 Å². The summed E-state index contributed by atoms with van der Waals surface area (Å²) in [7, 11) is 1.67. The first-order valence-corrected chi connectivity index (χ1v) is 6.77. The van der Waals surface area contributed by atoms with E-state index in [1.807, 2.05) is 24.0 Å². The van der Waals surface area contributed by atoms with Gasteiger partial charge in [0.15, 0.2) is 0 Å². The lowest BCUT2D eigenvalue weighted by atomic mass is 9.98. The van der Waals surface area contributed by atoms with Crippen LogP contribution < -0.4 is 10.5 Å². The van der Waals surface area contributed by atoms with Crippen molar-refractivity contribution in [1.82, 2.24) is 4.90 Å². The summed E-state index contributed by atoms with van der Waals surface area (Å²) in [4.78, 5) is 13.9. The maximum atomic E-state index is 12.0. The van der Waals surface area contributed by atoms with E-state index in [0.29, 0.717) is 12.3 Å². The summed E-state index contributed by atoms with van der Waals surface area (Å²) in [5, 5.41) is 0. The van der Waals surface area contributed by atoms with Crippen LogP contribution in [0.25, 0.3) is 0 Å². The van der Waals surface area contributed by atoms with Crippen molar-refractivity contribution < 1.29 is 9.53 Å². The van der Waals surface area contributed by atoms with Gasteiger partial charge >= 0.3 is 0 Å². The second-order valence-corrected chi connectivity index (χ2v) is 5.28. The highest BCUT2D eigenvalue weighted by Crippen LogP contribution is 2.28. The Morgan fingerprint density at radius 2 is 2.16 bits per heavy atom. The van der Waals surface area contributed by atoms with Gasteiger partial charge in [0.2, 0.25) is 5.91 Å². The van der Waals surface area contributed by atoms with Gasteiger partial charge in [-0.15, -0.1) is 0 Å². The average molecular weight is 262 g/mol.